The highest BCUT2D eigenvalue weighted by molar-refractivity contribution is 5.77. The number of nitrogens with zero attached hydrogens (tertiary/aromatic N) is 5. The number of hydrogen-bond acceptors (Lipinski definition) is 4. The average molecular weight is 351 g/mol. The van der Waals surface area contributed by atoms with Crippen molar-refractivity contribution in [1.82, 2.24) is 24.2 Å². The minimum absolute atomic E-state index is 0.0563. The number of carbonyl (C=O) groups is 1. The van der Waals surface area contributed by atoms with Gasteiger partial charge in [-0.25, -0.2) is 4.98 Å². The highest BCUT2D eigenvalue weighted by atomic mass is 16.2. The number of amides is 1. The maximum absolute atomic E-state index is 12.7. The van der Waals surface area contributed by atoms with Gasteiger partial charge in [0, 0.05) is 20.1 Å². The molecule has 1 amide bonds. The second-order valence-corrected chi connectivity index (χ2v) is 6.05. The van der Waals surface area contributed by atoms with Gasteiger partial charge in [-0.3, -0.25) is 18.8 Å². The first-order valence-electron chi connectivity index (χ1n) is 8.40. The van der Waals surface area contributed by atoms with E-state index < -0.39 is 0 Å². The van der Waals surface area contributed by atoms with Crippen molar-refractivity contribution in [2.24, 2.45) is 7.05 Å². The lowest BCUT2D eigenvalue weighted by Gasteiger charge is -2.21. The van der Waals surface area contributed by atoms with Crippen LogP contribution in [0.25, 0.3) is 11.0 Å². The van der Waals surface area contributed by atoms with E-state index >= 15 is 0 Å². The molecule has 0 aliphatic rings. The SMILES string of the molecule is C=CCN(CCc1ccccc1)C(=O)Cn1cnc2c(cnn2C)c1=O. The number of rotatable bonds is 7. The van der Waals surface area contributed by atoms with Gasteiger partial charge in [0.05, 0.1) is 6.20 Å². The van der Waals surface area contributed by atoms with Crippen molar-refractivity contribution in [3.8, 4) is 0 Å². The second-order valence-electron chi connectivity index (χ2n) is 6.05. The predicted molar refractivity (Wildman–Crippen MR) is 99.7 cm³/mol. The third-order valence-electron chi connectivity index (χ3n) is 4.24. The Balaban J connectivity index is 1.74. The van der Waals surface area contributed by atoms with Crippen molar-refractivity contribution >= 4 is 16.9 Å². The maximum atomic E-state index is 12.7. The fraction of sp³-hybridized carbons (Fsp3) is 0.263. The quantitative estimate of drug-likeness (QED) is 0.603. The highest BCUT2D eigenvalue weighted by Gasteiger charge is 2.15. The molecule has 2 aromatic heterocycles. The average Bonchev–Trinajstić information content (AvgIpc) is 3.03. The summed E-state index contributed by atoms with van der Waals surface area (Å²) in [6.07, 6.45) is 5.31. The summed E-state index contributed by atoms with van der Waals surface area (Å²) in [6, 6.07) is 9.97. The Bertz CT molecular complexity index is 975. The molecule has 0 saturated heterocycles. The summed E-state index contributed by atoms with van der Waals surface area (Å²) in [7, 11) is 1.72. The van der Waals surface area contributed by atoms with Gasteiger partial charge in [-0.15, -0.1) is 6.58 Å². The molecule has 0 fully saturated rings. The van der Waals surface area contributed by atoms with Crippen molar-refractivity contribution in [3.05, 3.63) is 71.4 Å². The van der Waals surface area contributed by atoms with Crippen LogP contribution in [0, 0.1) is 0 Å². The van der Waals surface area contributed by atoms with Gasteiger partial charge in [0.25, 0.3) is 5.56 Å². The van der Waals surface area contributed by atoms with E-state index in [-0.39, 0.29) is 18.0 Å². The second kappa shape index (κ2) is 7.77. The van der Waals surface area contributed by atoms with Crippen LogP contribution in [0.3, 0.4) is 0 Å². The largest absolute Gasteiger partial charge is 0.337 e. The Hall–Kier alpha value is -3.22. The van der Waals surface area contributed by atoms with Crippen LogP contribution in [0.5, 0.6) is 0 Å². The van der Waals surface area contributed by atoms with Crippen LogP contribution in [0.15, 0.2) is 60.3 Å². The van der Waals surface area contributed by atoms with Crippen molar-refractivity contribution in [1.29, 1.82) is 0 Å². The molecule has 0 spiro atoms. The molecule has 0 bridgehead atoms. The zero-order valence-electron chi connectivity index (χ0n) is 14.7. The summed E-state index contributed by atoms with van der Waals surface area (Å²) in [5.74, 6) is -0.145. The van der Waals surface area contributed by atoms with Crippen LogP contribution in [-0.2, 0) is 24.8 Å². The molecule has 0 radical (unpaired) electrons. The molecule has 7 heteroatoms. The molecule has 0 saturated carbocycles. The zero-order chi connectivity index (χ0) is 18.5. The maximum Gasteiger partial charge on any atom is 0.264 e. The monoisotopic (exact) mass is 351 g/mol. The summed E-state index contributed by atoms with van der Waals surface area (Å²) in [6.45, 7) is 4.66. The van der Waals surface area contributed by atoms with E-state index in [9.17, 15) is 9.59 Å². The minimum Gasteiger partial charge on any atom is -0.337 e. The number of aromatic nitrogens is 4. The van der Waals surface area contributed by atoms with Crippen molar-refractivity contribution in [3.63, 3.8) is 0 Å². The third-order valence-corrected chi connectivity index (χ3v) is 4.24. The molecular weight excluding hydrogens is 330 g/mol. The standard InChI is InChI=1S/C19H21N5O2/c1-3-10-23(11-9-15-7-5-4-6-8-15)17(25)13-24-14-20-18-16(19(24)26)12-21-22(18)2/h3-8,12,14H,1,9-11,13H2,2H3. The summed E-state index contributed by atoms with van der Waals surface area (Å²) < 4.78 is 2.86. The van der Waals surface area contributed by atoms with E-state index in [2.05, 4.69) is 16.7 Å². The predicted octanol–water partition coefficient (Wildman–Crippen LogP) is 1.39. The number of benzene rings is 1. The van der Waals surface area contributed by atoms with Gasteiger partial charge in [0.1, 0.15) is 18.3 Å². The molecule has 0 atom stereocenters. The van der Waals surface area contributed by atoms with Gasteiger partial charge in [0.2, 0.25) is 5.91 Å². The van der Waals surface area contributed by atoms with Gasteiger partial charge in [-0.1, -0.05) is 36.4 Å². The molecule has 134 valence electrons. The Morgan fingerprint density at radius 1 is 1.31 bits per heavy atom. The van der Waals surface area contributed by atoms with Crippen LogP contribution in [0.4, 0.5) is 0 Å². The first-order valence-corrected chi connectivity index (χ1v) is 8.40. The molecule has 1 aromatic carbocycles. The van der Waals surface area contributed by atoms with E-state index in [4.69, 9.17) is 0 Å². The van der Waals surface area contributed by atoms with Crippen molar-refractivity contribution < 1.29 is 4.79 Å². The minimum atomic E-state index is -0.266. The van der Waals surface area contributed by atoms with E-state index in [1.54, 1.807) is 18.0 Å². The fourth-order valence-electron chi connectivity index (χ4n) is 2.81. The zero-order valence-corrected chi connectivity index (χ0v) is 14.7. The van der Waals surface area contributed by atoms with Crippen LogP contribution >= 0.6 is 0 Å². The topological polar surface area (TPSA) is 73.0 Å². The normalized spacial score (nSPS) is 10.8. The molecule has 26 heavy (non-hydrogen) atoms. The molecule has 0 aliphatic carbocycles. The van der Waals surface area contributed by atoms with Gasteiger partial charge >= 0.3 is 0 Å². The number of fused-ring (bicyclic) bond motifs is 1. The van der Waals surface area contributed by atoms with E-state index in [1.165, 1.54) is 21.8 Å². The molecule has 7 nitrogen and oxygen atoms in total. The lowest BCUT2D eigenvalue weighted by molar-refractivity contribution is -0.131. The van der Waals surface area contributed by atoms with Crippen LogP contribution < -0.4 is 5.56 Å². The van der Waals surface area contributed by atoms with Crippen LogP contribution in [0.1, 0.15) is 5.56 Å². The lowest BCUT2D eigenvalue weighted by atomic mass is 10.1. The van der Waals surface area contributed by atoms with Gasteiger partial charge in [-0.2, -0.15) is 5.10 Å². The molecular formula is C19H21N5O2. The van der Waals surface area contributed by atoms with E-state index in [0.29, 0.717) is 24.1 Å². The lowest BCUT2D eigenvalue weighted by Crippen LogP contribution is -2.38. The Labute approximate surface area is 151 Å². The fourth-order valence-corrected chi connectivity index (χ4v) is 2.81. The molecule has 0 unspecified atom stereocenters. The number of aryl methyl sites for hydroxylation is 1. The van der Waals surface area contributed by atoms with Crippen LogP contribution in [0.2, 0.25) is 0 Å². The highest BCUT2D eigenvalue weighted by Crippen LogP contribution is 2.05. The van der Waals surface area contributed by atoms with Gasteiger partial charge < -0.3 is 4.90 Å². The van der Waals surface area contributed by atoms with Gasteiger partial charge in [0.15, 0.2) is 5.65 Å². The summed E-state index contributed by atoms with van der Waals surface area (Å²) in [5, 5.41) is 4.44. The van der Waals surface area contributed by atoms with Gasteiger partial charge in [-0.05, 0) is 12.0 Å². The third kappa shape index (κ3) is 3.72. The Morgan fingerprint density at radius 2 is 2.08 bits per heavy atom. The summed E-state index contributed by atoms with van der Waals surface area (Å²) in [4.78, 5) is 31.1. The smallest absolute Gasteiger partial charge is 0.264 e. The summed E-state index contributed by atoms with van der Waals surface area (Å²) in [5.41, 5.74) is 1.40. The molecule has 0 aliphatic heterocycles. The Kier molecular flexibility index (Phi) is 5.26. The van der Waals surface area contributed by atoms with Crippen molar-refractivity contribution in [2.75, 3.05) is 13.1 Å². The molecule has 0 N–H and O–H groups in total. The van der Waals surface area contributed by atoms with E-state index in [0.717, 1.165) is 12.0 Å². The summed E-state index contributed by atoms with van der Waals surface area (Å²) >= 11 is 0. The van der Waals surface area contributed by atoms with Crippen LogP contribution in [-0.4, -0.2) is 43.2 Å². The first-order chi connectivity index (χ1) is 12.6. The first kappa shape index (κ1) is 17.6. The molecule has 3 rings (SSSR count). The number of hydrogen-bond donors (Lipinski definition) is 0. The molecule has 2 heterocycles. The van der Waals surface area contributed by atoms with Crippen molar-refractivity contribution in [2.45, 2.75) is 13.0 Å². The Morgan fingerprint density at radius 3 is 2.81 bits per heavy atom. The van der Waals surface area contributed by atoms with E-state index in [1.807, 2.05) is 30.3 Å². The molecule has 3 aromatic rings. The number of carbonyl (C=O) groups excluding carboxylic acids is 1.